The number of carbonyl (C=O) groups excluding carboxylic acids is 1. The van der Waals surface area contributed by atoms with E-state index in [0.29, 0.717) is 19.6 Å². The van der Waals surface area contributed by atoms with E-state index >= 15 is 0 Å². The molecule has 0 saturated carbocycles. The molecule has 1 aliphatic heterocycles. The van der Waals surface area contributed by atoms with Crippen LogP contribution >= 0.6 is 0 Å². The smallest absolute Gasteiger partial charge is 0.251 e. The third-order valence-electron chi connectivity index (χ3n) is 5.76. The van der Waals surface area contributed by atoms with Crippen molar-refractivity contribution < 1.29 is 9.53 Å². The van der Waals surface area contributed by atoms with E-state index < -0.39 is 12.1 Å². The van der Waals surface area contributed by atoms with E-state index in [4.69, 9.17) is 4.74 Å². The van der Waals surface area contributed by atoms with Crippen molar-refractivity contribution in [3.63, 3.8) is 0 Å². The fourth-order valence-electron chi connectivity index (χ4n) is 3.92. The Labute approximate surface area is 182 Å². The Bertz CT molecular complexity index is 1120. The van der Waals surface area contributed by atoms with Crippen molar-refractivity contribution in [1.29, 1.82) is 5.26 Å². The van der Waals surface area contributed by atoms with E-state index in [0.717, 1.165) is 46.1 Å². The summed E-state index contributed by atoms with van der Waals surface area (Å²) in [4.78, 5) is 12.5. The predicted octanol–water partition coefficient (Wildman–Crippen LogP) is 2.48. The maximum Gasteiger partial charge on any atom is 0.251 e. The van der Waals surface area contributed by atoms with Crippen molar-refractivity contribution in [2.24, 2.45) is 7.05 Å². The second kappa shape index (κ2) is 9.29. The van der Waals surface area contributed by atoms with Crippen LogP contribution in [0.25, 0.3) is 22.0 Å². The second-order valence-corrected chi connectivity index (χ2v) is 7.99. The molecule has 0 unspecified atom stereocenters. The van der Waals surface area contributed by atoms with Gasteiger partial charge in [0.05, 0.1) is 17.8 Å². The zero-order chi connectivity index (χ0) is 21.8. The summed E-state index contributed by atoms with van der Waals surface area (Å²) in [5.41, 5.74) is 5.44. The molecule has 3 aromatic rings. The van der Waals surface area contributed by atoms with Gasteiger partial charge in [-0.15, -0.1) is 0 Å². The molecule has 1 saturated heterocycles. The maximum atomic E-state index is 12.5. The van der Waals surface area contributed by atoms with Gasteiger partial charge in [0.15, 0.2) is 0 Å². The topological polar surface area (TPSA) is 92.0 Å². The number of benzene rings is 2. The molecule has 2 aromatic carbocycles. The molecule has 0 bridgehead atoms. The van der Waals surface area contributed by atoms with E-state index in [1.807, 2.05) is 30.9 Å². The van der Waals surface area contributed by atoms with Gasteiger partial charge in [0.1, 0.15) is 12.1 Å². The molecule has 2 N–H and O–H groups in total. The number of nitrogens with zero attached hydrogens (tertiary/aromatic N) is 3. The monoisotopic (exact) mass is 417 g/mol. The molecule has 0 radical (unpaired) electrons. The zero-order valence-electron chi connectivity index (χ0n) is 17.9. The van der Waals surface area contributed by atoms with E-state index in [-0.39, 0.29) is 5.91 Å². The number of rotatable bonds is 5. The number of amides is 1. The molecule has 31 heavy (non-hydrogen) atoms. The van der Waals surface area contributed by atoms with Gasteiger partial charge in [-0.05, 0) is 48.2 Å². The van der Waals surface area contributed by atoms with Crippen LogP contribution in [0.3, 0.4) is 0 Å². The van der Waals surface area contributed by atoms with Crippen LogP contribution < -0.4 is 10.6 Å². The largest absolute Gasteiger partial charge is 0.367 e. The minimum atomic E-state index is -0.602. The van der Waals surface area contributed by atoms with Crippen molar-refractivity contribution in [2.45, 2.75) is 31.9 Å². The van der Waals surface area contributed by atoms with E-state index in [9.17, 15) is 10.1 Å². The number of ether oxygens (including phenoxy) is 1. The molecule has 0 aliphatic carbocycles. The lowest BCUT2D eigenvalue weighted by molar-refractivity contribution is -0.132. The number of carbonyl (C=O) groups is 1. The number of nitriles is 1. The van der Waals surface area contributed by atoms with E-state index in [2.05, 4.69) is 52.1 Å². The normalized spacial score (nSPS) is 17.6. The number of aromatic nitrogens is 2. The summed E-state index contributed by atoms with van der Waals surface area (Å²) in [7, 11) is 1.94. The van der Waals surface area contributed by atoms with Crippen molar-refractivity contribution in [1.82, 2.24) is 20.4 Å². The van der Waals surface area contributed by atoms with Gasteiger partial charge in [0.2, 0.25) is 0 Å². The minimum absolute atomic E-state index is 0.236. The van der Waals surface area contributed by atoms with Gasteiger partial charge >= 0.3 is 0 Å². The average molecular weight is 418 g/mol. The van der Waals surface area contributed by atoms with Crippen LogP contribution in [0.2, 0.25) is 0 Å². The average Bonchev–Trinajstić information content (AvgIpc) is 2.97. The SMILES string of the molecule is Cc1cc(-c2ccc3cnn(C)c3c2)ccc1C[C@H](C#N)NC(=O)[C@@H]1CNCCCO1. The van der Waals surface area contributed by atoms with Crippen LogP contribution in [0.4, 0.5) is 0 Å². The number of hydrogen-bond donors (Lipinski definition) is 2. The summed E-state index contributed by atoms with van der Waals surface area (Å²) in [5, 5.41) is 21.0. The third-order valence-corrected chi connectivity index (χ3v) is 5.76. The summed E-state index contributed by atoms with van der Waals surface area (Å²) < 4.78 is 7.46. The molecule has 160 valence electrons. The Morgan fingerprint density at radius 2 is 2.16 bits per heavy atom. The summed E-state index contributed by atoms with van der Waals surface area (Å²) >= 11 is 0. The van der Waals surface area contributed by atoms with Crippen molar-refractivity contribution >= 4 is 16.8 Å². The minimum Gasteiger partial charge on any atom is -0.367 e. The Morgan fingerprint density at radius 1 is 1.35 bits per heavy atom. The standard InChI is InChI=1S/C24H27N5O2/c1-16-10-18(19-6-7-20-14-27-29(2)22(20)12-19)5-4-17(16)11-21(13-25)28-24(30)23-15-26-8-3-9-31-23/h4-7,10,12,14,21,23,26H,3,8-9,11,15H2,1-2H3,(H,28,30)/t21-,23+/m1/s1. The lowest BCUT2D eigenvalue weighted by Crippen LogP contribution is -2.46. The first kappa shape index (κ1) is 21.0. The second-order valence-electron chi connectivity index (χ2n) is 7.99. The van der Waals surface area contributed by atoms with Crippen molar-refractivity contribution in [3.05, 3.63) is 53.7 Å². The van der Waals surface area contributed by atoms with Gasteiger partial charge in [0.25, 0.3) is 5.91 Å². The molecule has 1 amide bonds. The first-order valence-electron chi connectivity index (χ1n) is 10.6. The molecule has 1 aromatic heterocycles. The number of fused-ring (bicyclic) bond motifs is 1. The van der Waals surface area contributed by atoms with Gasteiger partial charge in [0, 0.05) is 32.0 Å². The fraction of sp³-hybridized carbons (Fsp3) is 0.375. The third kappa shape index (κ3) is 4.76. The van der Waals surface area contributed by atoms with Gasteiger partial charge < -0.3 is 15.4 Å². The summed E-state index contributed by atoms with van der Waals surface area (Å²) in [5.74, 6) is -0.236. The van der Waals surface area contributed by atoms with Crippen molar-refractivity contribution in [3.8, 4) is 17.2 Å². The van der Waals surface area contributed by atoms with E-state index in [1.165, 1.54) is 0 Å². The number of nitrogens with one attached hydrogen (secondary N) is 2. The summed E-state index contributed by atoms with van der Waals surface area (Å²) in [6.45, 7) is 3.90. The predicted molar refractivity (Wildman–Crippen MR) is 119 cm³/mol. The maximum absolute atomic E-state index is 12.5. The van der Waals surface area contributed by atoms with E-state index in [1.54, 1.807) is 0 Å². The first-order valence-corrected chi connectivity index (χ1v) is 10.6. The van der Waals surface area contributed by atoms with Crippen LogP contribution in [-0.2, 0) is 23.0 Å². The molecular formula is C24H27N5O2. The molecule has 2 atom stereocenters. The molecule has 1 fully saturated rings. The molecule has 2 heterocycles. The Kier molecular flexibility index (Phi) is 6.31. The van der Waals surface area contributed by atoms with Gasteiger partial charge in [-0.1, -0.05) is 30.3 Å². The highest BCUT2D eigenvalue weighted by Crippen LogP contribution is 2.26. The van der Waals surface area contributed by atoms with Crippen LogP contribution in [0, 0.1) is 18.3 Å². The summed E-state index contributed by atoms with van der Waals surface area (Å²) in [6.07, 6.45) is 2.64. The Hall–Kier alpha value is -3.21. The van der Waals surface area contributed by atoms with Crippen LogP contribution in [0.15, 0.2) is 42.6 Å². The molecule has 7 nitrogen and oxygen atoms in total. The molecule has 0 spiro atoms. The highest BCUT2D eigenvalue weighted by atomic mass is 16.5. The number of aryl methyl sites for hydroxylation is 2. The Morgan fingerprint density at radius 3 is 2.97 bits per heavy atom. The number of hydrogen-bond acceptors (Lipinski definition) is 5. The van der Waals surface area contributed by atoms with Gasteiger partial charge in [-0.3, -0.25) is 9.48 Å². The zero-order valence-corrected chi connectivity index (χ0v) is 17.9. The highest BCUT2D eigenvalue weighted by Gasteiger charge is 2.23. The Balaban J connectivity index is 1.47. The lowest BCUT2D eigenvalue weighted by Gasteiger charge is -2.18. The molecule has 4 rings (SSSR count). The highest BCUT2D eigenvalue weighted by molar-refractivity contribution is 5.84. The first-order chi connectivity index (χ1) is 15.0. The van der Waals surface area contributed by atoms with Crippen molar-refractivity contribution in [2.75, 3.05) is 19.7 Å². The molecular weight excluding hydrogens is 390 g/mol. The lowest BCUT2D eigenvalue weighted by atomic mass is 9.96. The van der Waals surface area contributed by atoms with Gasteiger partial charge in [-0.2, -0.15) is 10.4 Å². The van der Waals surface area contributed by atoms with Crippen LogP contribution in [0.1, 0.15) is 17.5 Å². The van der Waals surface area contributed by atoms with Crippen LogP contribution in [-0.4, -0.2) is 47.5 Å². The summed E-state index contributed by atoms with van der Waals surface area (Å²) in [6, 6.07) is 14.1. The van der Waals surface area contributed by atoms with Gasteiger partial charge in [-0.25, -0.2) is 0 Å². The molecule has 7 heteroatoms. The van der Waals surface area contributed by atoms with Crippen LogP contribution in [0.5, 0.6) is 0 Å². The molecule has 1 aliphatic rings. The quantitative estimate of drug-likeness (QED) is 0.665. The fourth-order valence-corrected chi connectivity index (χ4v) is 3.92.